The number of anilines is 1. The van der Waals surface area contributed by atoms with Crippen molar-refractivity contribution >= 4 is 11.5 Å². The summed E-state index contributed by atoms with van der Waals surface area (Å²) >= 11 is 0. The van der Waals surface area contributed by atoms with Gasteiger partial charge in [-0.1, -0.05) is 30.3 Å². The molecule has 1 aromatic carbocycles. The molecule has 0 bridgehead atoms. The summed E-state index contributed by atoms with van der Waals surface area (Å²) in [5.74, 6) is -0.404. The van der Waals surface area contributed by atoms with Gasteiger partial charge in [-0.15, -0.1) is 0 Å². The molecule has 0 aliphatic heterocycles. The van der Waals surface area contributed by atoms with Crippen molar-refractivity contribution in [1.29, 1.82) is 0 Å². The molecule has 0 saturated heterocycles. The molecule has 0 fully saturated rings. The summed E-state index contributed by atoms with van der Waals surface area (Å²) in [7, 11) is 0. The Bertz CT molecular complexity index is 645. The first kappa shape index (κ1) is 14.8. The maximum absolute atomic E-state index is 12.6. The van der Waals surface area contributed by atoms with Crippen molar-refractivity contribution < 1.29 is 18.1 Å². The van der Waals surface area contributed by atoms with E-state index in [2.05, 4.69) is 10.3 Å². The van der Waals surface area contributed by atoms with E-state index in [9.17, 15) is 23.3 Å². The lowest BCUT2D eigenvalue weighted by Gasteiger charge is -2.10. The number of alkyl halides is 3. The lowest BCUT2D eigenvalue weighted by molar-refractivity contribution is -0.384. The smallest absolute Gasteiger partial charge is 0.360 e. The van der Waals surface area contributed by atoms with Crippen LogP contribution < -0.4 is 5.32 Å². The monoisotopic (exact) mass is 297 g/mol. The highest BCUT2D eigenvalue weighted by molar-refractivity contribution is 5.56. The van der Waals surface area contributed by atoms with Gasteiger partial charge in [-0.2, -0.15) is 13.2 Å². The minimum Gasteiger partial charge on any atom is -0.360 e. The average Bonchev–Trinajstić information content (AvgIpc) is 2.45. The van der Waals surface area contributed by atoms with Gasteiger partial charge in [-0.3, -0.25) is 10.1 Å². The van der Waals surface area contributed by atoms with Crippen LogP contribution >= 0.6 is 0 Å². The van der Waals surface area contributed by atoms with E-state index >= 15 is 0 Å². The standard InChI is InChI=1S/C13H10F3N3O2/c14-13(15,16)11-7-6-10(19(20)21)12(18-11)17-8-9-4-2-1-3-5-9/h1-7H,8H2,(H,17,18). The van der Waals surface area contributed by atoms with Crippen LogP contribution in [0.25, 0.3) is 0 Å². The van der Waals surface area contributed by atoms with Gasteiger partial charge in [0.25, 0.3) is 0 Å². The maximum Gasteiger partial charge on any atom is 0.433 e. The molecule has 1 N–H and O–H groups in total. The van der Waals surface area contributed by atoms with E-state index in [1.54, 1.807) is 30.3 Å². The van der Waals surface area contributed by atoms with Gasteiger partial charge < -0.3 is 5.32 Å². The molecular formula is C13H10F3N3O2. The third-order valence-electron chi connectivity index (χ3n) is 2.66. The molecule has 0 saturated carbocycles. The Balaban J connectivity index is 2.29. The predicted octanol–water partition coefficient (Wildman–Crippen LogP) is 3.62. The van der Waals surface area contributed by atoms with Crippen LogP contribution in [0, 0.1) is 10.1 Å². The number of hydrogen-bond acceptors (Lipinski definition) is 4. The Morgan fingerprint density at radius 3 is 2.38 bits per heavy atom. The molecule has 1 aromatic heterocycles. The maximum atomic E-state index is 12.6. The number of halogens is 3. The summed E-state index contributed by atoms with van der Waals surface area (Å²) in [4.78, 5) is 13.4. The largest absolute Gasteiger partial charge is 0.433 e. The molecule has 0 amide bonds. The fraction of sp³-hybridized carbons (Fsp3) is 0.154. The zero-order chi connectivity index (χ0) is 15.5. The number of aromatic nitrogens is 1. The second-order valence-electron chi connectivity index (χ2n) is 4.16. The van der Waals surface area contributed by atoms with E-state index < -0.39 is 28.3 Å². The van der Waals surface area contributed by atoms with E-state index in [0.29, 0.717) is 6.07 Å². The molecule has 8 heteroatoms. The van der Waals surface area contributed by atoms with Crippen LogP contribution in [-0.4, -0.2) is 9.91 Å². The van der Waals surface area contributed by atoms with Gasteiger partial charge in [0.05, 0.1) is 4.92 Å². The first-order valence-electron chi connectivity index (χ1n) is 5.88. The quantitative estimate of drug-likeness (QED) is 0.691. The molecule has 0 atom stereocenters. The van der Waals surface area contributed by atoms with Crippen LogP contribution in [0.5, 0.6) is 0 Å². The number of benzene rings is 1. The van der Waals surface area contributed by atoms with Gasteiger partial charge >= 0.3 is 11.9 Å². The Morgan fingerprint density at radius 2 is 1.81 bits per heavy atom. The number of nitrogens with zero attached hydrogens (tertiary/aromatic N) is 2. The Hall–Kier alpha value is -2.64. The van der Waals surface area contributed by atoms with Crippen molar-refractivity contribution in [3.8, 4) is 0 Å². The lowest BCUT2D eigenvalue weighted by atomic mass is 10.2. The van der Waals surface area contributed by atoms with Crippen molar-refractivity contribution in [2.45, 2.75) is 12.7 Å². The van der Waals surface area contributed by atoms with Gasteiger partial charge in [0, 0.05) is 12.6 Å². The van der Waals surface area contributed by atoms with Crippen LogP contribution in [-0.2, 0) is 12.7 Å². The zero-order valence-corrected chi connectivity index (χ0v) is 10.6. The third-order valence-corrected chi connectivity index (χ3v) is 2.66. The Morgan fingerprint density at radius 1 is 1.14 bits per heavy atom. The first-order valence-corrected chi connectivity index (χ1v) is 5.88. The molecule has 2 rings (SSSR count). The molecule has 2 aromatic rings. The van der Waals surface area contributed by atoms with Gasteiger partial charge in [-0.05, 0) is 11.6 Å². The van der Waals surface area contributed by atoms with E-state index in [1.807, 2.05) is 0 Å². The summed E-state index contributed by atoms with van der Waals surface area (Å²) in [6, 6.07) is 10.2. The molecule has 0 unspecified atom stereocenters. The van der Waals surface area contributed by atoms with E-state index in [0.717, 1.165) is 11.6 Å². The lowest BCUT2D eigenvalue weighted by Crippen LogP contribution is -2.12. The highest BCUT2D eigenvalue weighted by Crippen LogP contribution is 2.32. The number of hydrogen-bond donors (Lipinski definition) is 1. The fourth-order valence-electron chi connectivity index (χ4n) is 1.67. The molecule has 21 heavy (non-hydrogen) atoms. The molecule has 110 valence electrons. The molecule has 0 aliphatic carbocycles. The van der Waals surface area contributed by atoms with Crippen molar-refractivity contribution in [3.63, 3.8) is 0 Å². The van der Waals surface area contributed by atoms with E-state index in [4.69, 9.17) is 0 Å². The second kappa shape index (κ2) is 5.78. The van der Waals surface area contributed by atoms with Crippen LogP contribution in [0.15, 0.2) is 42.5 Å². The number of pyridine rings is 1. The van der Waals surface area contributed by atoms with Crippen LogP contribution in [0.2, 0.25) is 0 Å². The Labute approximate surface area is 117 Å². The number of nitrogens with one attached hydrogen (secondary N) is 1. The van der Waals surface area contributed by atoms with Crippen molar-refractivity contribution in [1.82, 2.24) is 4.98 Å². The van der Waals surface area contributed by atoms with Gasteiger partial charge in [0.1, 0.15) is 5.69 Å². The van der Waals surface area contributed by atoms with Crippen molar-refractivity contribution in [2.75, 3.05) is 5.32 Å². The summed E-state index contributed by atoms with van der Waals surface area (Å²) < 4.78 is 37.8. The van der Waals surface area contributed by atoms with Crippen LogP contribution in [0.4, 0.5) is 24.7 Å². The van der Waals surface area contributed by atoms with Crippen molar-refractivity contribution in [2.24, 2.45) is 0 Å². The van der Waals surface area contributed by atoms with Crippen LogP contribution in [0.1, 0.15) is 11.3 Å². The second-order valence-corrected chi connectivity index (χ2v) is 4.16. The first-order chi connectivity index (χ1) is 9.88. The minimum atomic E-state index is -4.65. The zero-order valence-electron chi connectivity index (χ0n) is 10.6. The molecule has 0 aliphatic rings. The number of nitro groups is 1. The van der Waals surface area contributed by atoms with Gasteiger partial charge in [0.2, 0.25) is 5.82 Å². The third kappa shape index (κ3) is 3.68. The van der Waals surface area contributed by atoms with Gasteiger partial charge in [-0.25, -0.2) is 4.98 Å². The minimum absolute atomic E-state index is 0.135. The van der Waals surface area contributed by atoms with Gasteiger partial charge in [0.15, 0.2) is 0 Å². The highest BCUT2D eigenvalue weighted by Gasteiger charge is 2.34. The highest BCUT2D eigenvalue weighted by atomic mass is 19.4. The summed E-state index contributed by atoms with van der Waals surface area (Å²) in [6.07, 6.45) is -4.65. The molecular weight excluding hydrogens is 287 g/mol. The summed E-state index contributed by atoms with van der Waals surface area (Å²) in [6.45, 7) is 0.135. The molecule has 5 nitrogen and oxygen atoms in total. The Kier molecular flexibility index (Phi) is 4.06. The molecule has 1 heterocycles. The topological polar surface area (TPSA) is 68.1 Å². The number of rotatable bonds is 4. The van der Waals surface area contributed by atoms with E-state index in [1.165, 1.54) is 0 Å². The summed E-state index contributed by atoms with van der Waals surface area (Å²) in [5, 5.41) is 13.4. The normalized spacial score (nSPS) is 11.2. The fourth-order valence-corrected chi connectivity index (χ4v) is 1.67. The molecule has 0 radical (unpaired) electrons. The predicted molar refractivity (Wildman–Crippen MR) is 69.7 cm³/mol. The average molecular weight is 297 g/mol. The van der Waals surface area contributed by atoms with Crippen LogP contribution in [0.3, 0.4) is 0 Å². The van der Waals surface area contributed by atoms with Crippen molar-refractivity contribution in [3.05, 3.63) is 63.8 Å². The molecule has 0 spiro atoms. The summed E-state index contributed by atoms with van der Waals surface area (Å²) in [5.41, 5.74) is -0.909. The SMILES string of the molecule is O=[N+]([O-])c1ccc(C(F)(F)F)nc1NCc1ccccc1. The van der Waals surface area contributed by atoms with E-state index in [-0.39, 0.29) is 6.54 Å².